The van der Waals surface area contributed by atoms with Crippen molar-refractivity contribution in [1.82, 2.24) is 10.6 Å². The number of methoxy groups -OCH3 is 1. The third-order valence-corrected chi connectivity index (χ3v) is 3.78. The van der Waals surface area contributed by atoms with E-state index in [1.165, 1.54) is 5.56 Å². The van der Waals surface area contributed by atoms with Crippen LogP contribution < -0.4 is 16.0 Å². The molecule has 3 N–H and O–H groups in total. The Bertz CT molecular complexity index is 704. The van der Waals surface area contributed by atoms with Crippen LogP contribution in [0, 0.1) is 0 Å². The molecule has 0 aliphatic heterocycles. The first-order chi connectivity index (χ1) is 12.7. The third kappa shape index (κ3) is 6.57. The van der Waals surface area contributed by atoms with Gasteiger partial charge in [-0.05, 0) is 24.1 Å². The number of benzene rings is 2. The quantitative estimate of drug-likeness (QED) is 0.568. The number of ether oxygens (including phenoxy) is 1. The fraction of sp³-hybridized carbons (Fsp3) is 0.300. The van der Waals surface area contributed by atoms with Crippen molar-refractivity contribution in [3.63, 3.8) is 0 Å². The third-order valence-electron chi connectivity index (χ3n) is 3.78. The molecule has 2 amide bonds. The predicted molar refractivity (Wildman–Crippen MR) is 102 cm³/mol. The number of hydrogen-bond donors (Lipinski definition) is 3. The Morgan fingerprint density at radius 3 is 2.42 bits per heavy atom. The van der Waals surface area contributed by atoms with E-state index in [1.807, 2.05) is 36.4 Å². The Hall–Kier alpha value is -2.86. The fourth-order valence-electron chi connectivity index (χ4n) is 2.43. The second kappa shape index (κ2) is 10.9. The zero-order valence-corrected chi connectivity index (χ0v) is 15.0. The van der Waals surface area contributed by atoms with Gasteiger partial charge in [0.05, 0.1) is 18.7 Å². The topological polar surface area (TPSA) is 79.5 Å². The highest BCUT2D eigenvalue weighted by Crippen LogP contribution is 2.14. The van der Waals surface area contributed by atoms with Crippen molar-refractivity contribution in [3.8, 4) is 0 Å². The molecule has 0 aliphatic carbocycles. The summed E-state index contributed by atoms with van der Waals surface area (Å²) in [6.07, 6.45) is 0.783. The molecule has 0 bridgehead atoms. The summed E-state index contributed by atoms with van der Waals surface area (Å²) in [5.41, 5.74) is 2.31. The van der Waals surface area contributed by atoms with Crippen LogP contribution in [0.15, 0.2) is 54.6 Å². The minimum Gasteiger partial charge on any atom is -0.383 e. The highest BCUT2D eigenvalue weighted by molar-refractivity contribution is 6.00. The van der Waals surface area contributed by atoms with E-state index in [-0.39, 0.29) is 18.4 Å². The zero-order chi connectivity index (χ0) is 18.6. The number of rotatable bonds is 10. The van der Waals surface area contributed by atoms with Gasteiger partial charge in [0, 0.05) is 25.9 Å². The van der Waals surface area contributed by atoms with Crippen molar-refractivity contribution in [2.75, 3.05) is 38.7 Å². The molecule has 2 rings (SSSR count). The van der Waals surface area contributed by atoms with E-state index in [4.69, 9.17) is 4.74 Å². The number of para-hydroxylation sites is 1. The van der Waals surface area contributed by atoms with E-state index < -0.39 is 0 Å². The Labute approximate surface area is 153 Å². The van der Waals surface area contributed by atoms with Gasteiger partial charge in [0.25, 0.3) is 5.91 Å². The van der Waals surface area contributed by atoms with Gasteiger partial charge in [-0.1, -0.05) is 42.5 Å². The lowest BCUT2D eigenvalue weighted by Gasteiger charge is -2.12. The average molecular weight is 355 g/mol. The highest BCUT2D eigenvalue weighted by atomic mass is 16.5. The van der Waals surface area contributed by atoms with Crippen LogP contribution in [0.25, 0.3) is 0 Å². The normalized spacial score (nSPS) is 10.2. The van der Waals surface area contributed by atoms with Crippen LogP contribution in [-0.2, 0) is 16.0 Å². The molecule has 0 aliphatic rings. The number of carbonyl (C=O) groups excluding carboxylic acids is 2. The SMILES string of the molecule is COCCNC(=O)c1ccccc1NCC(=O)NCCc1ccccc1. The molecule has 0 saturated carbocycles. The molecule has 0 fully saturated rings. The molecule has 0 unspecified atom stereocenters. The molecule has 6 nitrogen and oxygen atoms in total. The monoisotopic (exact) mass is 355 g/mol. The number of hydrogen-bond acceptors (Lipinski definition) is 4. The van der Waals surface area contributed by atoms with Crippen molar-refractivity contribution >= 4 is 17.5 Å². The number of nitrogens with one attached hydrogen (secondary N) is 3. The number of amides is 2. The molecule has 0 aromatic heterocycles. The van der Waals surface area contributed by atoms with Gasteiger partial charge in [-0.25, -0.2) is 0 Å². The first-order valence-electron chi connectivity index (χ1n) is 8.61. The molecular formula is C20H25N3O3. The van der Waals surface area contributed by atoms with E-state index in [0.717, 1.165) is 6.42 Å². The van der Waals surface area contributed by atoms with E-state index in [1.54, 1.807) is 25.3 Å². The summed E-state index contributed by atoms with van der Waals surface area (Å²) < 4.78 is 4.92. The molecular weight excluding hydrogens is 330 g/mol. The van der Waals surface area contributed by atoms with Crippen molar-refractivity contribution in [1.29, 1.82) is 0 Å². The van der Waals surface area contributed by atoms with Crippen molar-refractivity contribution in [3.05, 3.63) is 65.7 Å². The van der Waals surface area contributed by atoms with E-state index >= 15 is 0 Å². The molecule has 2 aromatic rings. The maximum absolute atomic E-state index is 12.2. The smallest absolute Gasteiger partial charge is 0.253 e. The number of anilines is 1. The summed E-state index contributed by atoms with van der Waals surface area (Å²) in [7, 11) is 1.58. The Morgan fingerprint density at radius 1 is 0.923 bits per heavy atom. The molecule has 0 heterocycles. The molecule has 6 heteroatoms. The summed E-state index contributed by atoms with van der Waals surface area (Å²) in [4.78, 5) is 24.2. The van der Waals surface area contributed by atoms with Gasteiger partial charge in [0.1, 0.15) is 0 Å². The van der Waals surface area contributed by atoms with Crippen LogP contribution in [0.4, 0.5) is 5.69 Å². The number of carbonyl (C=O) groups is 2. The molecule has 138 valence electrons. The Morgan fingerprint density at radius 2 is 1.65 bits per heavy atom. The lowest BCUT2D eigenvalue weighted by molar-refractivity contribution is -0.119. The van der Waals surface area contributed by atoms with Gasteiger partial charge in [-0.15, -0.1) is 0 Å². The molecule has 0 atom stereocenters. The Kier molecular flexibility index (Phi) is 8.15. The second-order valence-electron chi connectivity index (χ2n) is 5.73. The largest absolute Gasteiger partial charge is 0.383 e. The fourth-order valence-corrected chi connectivity index (χ4v) is 2.43. The standard InChI is InChI=1S/C20H25N3O3/c1-26-14-13-22-20(25)17-9-5-6-10-18(17)23-15-19(24)21-12-11-16-7-3-2-4-8-16/h2-10,23H,11-15H2,1H3,(H,21,24)(H,22,25). The van der Waals surface area contributed by atoms with Crippen LogP contribution >= 0.6 is 0 Å². The molecule has 0 radical (unpaired) electrons. The molecule has 0 saturated heterocycles. The van der Waals surface area contributed by atoms with Crippen molar-refractivity contribution < 1.29 is 14.3 Å². The maximum Gasteiger partial charge on any atom is 0.253 e. The van der Waals surface area contributed by atoms with Crippen LogP contribution in [0.3, 0.4) is 0 Å². The molecule has 26 heavy (non-hydrogen) atoms. The average Bonchev–Trinajstić information content (AvgIpc) is 2.67. The predicted octanol–water partition coefficient (Wildman–Crippen LogP) is 1.83. The van der Waals surface area contributed by atoms with Gasteiger partial charge in [-0.2, -0.15) is 0 Å². The van der Waals surface area contributed by atoms with Gasteiger partial charge in [0.15, 0.2) is 0 Å². The highest BCUT2D eigenvalue weighted by Gasteiger charge is 2.11. The minimum atomic E-state index is -0.199. The lowest BCUT2D eigenvalue weighted by Crippen LogP contribution is -2.32. The maximum atomic E-state index is 12.2. The van der Waals surface area contributed by atoms with E-state index in [9.17, 15) is 9.59 Å². The summed E-state index contributed by atoms with van der Waals surface area (Å²) in [6, 6.07) is 17.1. The van der Waals surface area contributed by atoms with Gasteiger partial charge < -0.3 is 20.7 Å². The Balaban J connectivity index is 1.79. The second-order valence-corrected chi connectivity index (χ2v) is 5.73. The van der Waals surface area contributed by atoms with Crippen LogP contribution in [-0.4, -0.2) is 45.2 Å². The summed E-state index contributed by atoms with van der Waals surface area (Å²) in [5, 5.41) is 8.68. The summed E-state index contributed by atoms with van der Waals surface area (Å²) in [5.74, 6) is -0.315. The zero-order valence-electron chi connectivity index (χ0n) is 15.0. The lowest BCUT2D eigenvalue weighted by atomic mass is 10.1. The van der Waals surface area contributed by atoms with E-state index in [2.05, 4.69) is 16.0 Å². The van der Waals surface area contributed by atoms with Gasteiger partial charge in [0.2, 0.25) is 5.91 Å². The van der Waals surface area contributed by atoms with Crippen LogP contribution in [0.1, 0.15) is 15.9 Å². The summed E-state index contributed by atoms with van der Waals surface area (Å²) in [6.45, 7) is 1.57. The van der Waals surface area contributed by atoms with Crippen molar-refractivity contribution in [2.24, 2.45) is 0 Å². The molecule has 2 aromatic carbocycles. The van der Waals surface area contributed by atoms with Gasteiger partial charge in [-0.3, -0.25) is 9.59 Å². The van der Waals surface area contributed by atoms with Gasteiger partial charge >= 0.3 is 0 Å². The summed E-state index contributed by atoms with van der Waals surface area (Å²) >= 11 is 0. The van der Waals surface area contributed by atoms with Crippen LogP contribution in [0.2, 0.25) is 0 Å². The first kappa shape index (κ1) is 19.5. The first-order valence-corrected chi connectivity index (χ1v) is 8.61. The minimum absolute atomic E-state index is 0.108. The van der Waals surface area contributed by atoms with Crippen LogP contribution in [0.5, 0.6) is 0 Å². The van der Waals surface area contributed by atoms with Crippen molar-refractivity contribution in [2.45, 2.75) is 6.42 Å². The van der Waals surface area contributed by atoms with E-state index in [0.29, 0.717) is 30.9 Å². The molecule has 0 spiro atoms.